The predicted octanol–water partition coefficient (Wildman–Crippen LogP) is 2.03. The molecule has 1 aromatic carbocycles. The molecule has 0 aliphatic heterocycles. The molecular weight excluding hydrogens is 366 g/mol. The smallest absolute Gasteiger partial charge is 0.249 e. The Labute approximate surface area is 163 Å². The normalized spacial score (nSPS) is 11.4. The number of carbonyl (C=O) groups excluding carboxylic acids is 1. The van der Waals surface area contributed by atoms with Gasteiger partial charge < -0.3 is 21.9 Å². The molecule has 0 radical (unpaired) electrons. The monoisotopic (exact) mass is 387 g/mol. The Hall–Kier alpha value is -2.82. The van der Waals surface area contributed by atoms with Crippen LogP contribution in [0, 0.1) is 17.8 Å². The highest BCUT2D eigenvalue weighted by Crippen LogP contribution is 2.22. The molecule has 1 aromatic heterocycles. The molecule has 0 spiro atoms. The minimum absolute atomic E-state index is 0.0276. The number of aromatic nitrogens is 2. The van der Waals surface area contributed by atoms with Crippen LogP contribution in [0.25, 0.3) is 0 Å². The largest absolute Gasteiger partial charge is 0.396 e. The molecule has 7 nitrogen and oxygen atoms in total. The summed E-state index contributed by atoms with van der Waals surface area (Å²) in [6, 6.07) is 6.77. The second-order valence-corrected chi connectivity index (χ2v) is 6.29. The van der Waals surface area contributed by atoms with Crippen LogP contribution in [0.3, 0.4) is 0 Å². The second-order valence-electron chi connectivity index (χ2n) is 5.93. The number of carbonyl (C=O) groups is 1. The van der Waals surface area contributed by atoms with Crippen LogP contribution in [0.2, 0.25) is 5.15 Å². The van der Waals surface area contributed by atoms with Crippen molar-refractivity contribution in [3.8, 4) is 11.8 Å². The topological polar surface area (TPSA) is 127 Å². The number of rotatable bonds is 7. The van der Waals surface area contributed by atoms with Gasteiger partial charge >= 0.3 is 0 Å². The maximum Gasteiger partial charge on any atom is 0.249 e. The number of hydrogen-bond donors (Lipinski definition) is 4. The Morgan fingerprint density at radius 3 is 2.74 bits per heavy atom. The molecular formula is C19H22ClN5O2. The van der Waals surface area contributed by atoms with Crippen LogP contribution in [0.4, 0.5) is 11.8 Å². The first-order valence-electron chi connectivity index (χ1n) is 8.54. The average molecular weight is 388 g/mol. The van der Waals surface area contributed by atoms with E-state index in [1.165, 1.54) is 0 Å². The van der Waals surface area contributed by atoms with Crippen molar-refractivity contribution in [3.05, 3.63) is 46.1 Å². The molecule has 8 heteroatoms. The van der Waals surface area contributed by atoms with Crippen molar-refractivity contribution in [2.24, 2.45) is 11.7 Å². The van der Waals surface area contributed by atoms with E-state index in [-0.39, 0.29) is 23.6 Å². The number of nitrogen functional groups attached to an aromatic ring is 1. The number of aliphatic hydroxyl groups is 1. The van der Waals surface area contributed by atoms with Gasteiger partial charge in [-0.25, -0.2) is 0 Å². The molecule has 142 valence electrons. The third-order valence-electron chi connectivity index (χ3n) is 4.08. The van der Waals surface area contributed by atoms with Crippen LogP contribution in [0.1, 0.15) is 41.3 Å². The maximum absolute atomic E-state index is 11.5. The molecule has 6 N–H and O–H groups in total. The van der Waals surface area contributed by atoms with Crippen molar-refractivity contribution in [2.45, 2.75) is 19.8 Å². The van der Waals surface area contributed by atoms with Gasteiger partial charge in [0.05, 0.1) is 5.56 Å². The molecule has 0 unspecified atom stereocenters. The quantitative estimate of drug-likeness (QED) is 0.425. The molecule has 0 aliphatic rings. The van der Waals surface area contributed by atoms with E-state index in [0.717, 1.165) is 12.8 Å². The summed E-state index contributed by atoms with van der Waals surface area (Å²) in [7, 11) is 0. The summed E-state index contributed by atoms with van der Waals surface area (Å²) in [5.41, 5.74) is 12.2. The van der Waals surface area contributed by atoms with Crippen molar-refractivity contribution in [1.29, 1.82) is 0 Å². The zero-order valence-electron chi connectivity index (χ0n) is 15.0. The molecule has 0 saturated carbocycles. The number of primary amides is 1. The van der Waals surface area contributed by atoms with Gasteiger partial charge in [-0.3, -0.25) is 4.79 Å². The lowest BCUT2D eigenvalue weighted by molar-refractivity contribution is 0.1000. The first-order chi connectivity index (χ1) is 13.0. The summed E-state index contributed by atoms with van der Waals surface area (Å²) in [5, 5.41) is 12.6. The van der Waals surface area contributed by atoms with Gasteiger partial charge in [-0.1, -0.05) is 48.9 Å². The second kappa shape index (κ2) is 9.76. The van der Waals surface area contributed by atoms with Crippen molar-refractivity contribution in [1.82, 2.24) is 9.97 Å². The maximum atomic E-state index is 11.5. The van der Waals surface area contributed by atoms with E-state index >= 15 is 0 Å². The number of amides is 1. The van der Waals surface area contributed by atoms with Crippen molar-refractivity contribution in [2.75, 3.05) is 24.2 Å². The van der Waals surface area contributed by atoms with Crippen molar-refractivity contribution < 1.29 is 9.90 Å². The van der Waals surface area contributed by atoms with Crippen LogP contribution in [0.15, 0.2) is 24.3 Å². The molecule has 0 bridgehead atoms. The number of aliphatic hydroxyl groups excluding tert-OH is 1. The fourth-order valence-electron chi connectivity index (χ4n) is 2.44. The average Bonchev–Trinajstić information content (AvgIpc) is 2.64. The van der Waals surface area contributed by atoms with Gasteiger partial charge in [0.2, 0.25) is 11.9 Å². The molecule has 2 aromatic rings. The van der Waals surface area contributed by atoms with Gasteiger partial charge in [-0.2, -0.15) is 9.97 Å². The van der Waals surface area contributed by atoms with Crippen LogP contribution < -0.4 is 16.8 Å². The third-order valence-corrected chi connectivity index (χ3v) is 4.35. The minimum atomic E-state index is -0.562. The van der Waals surface area contributed by atoms with E-state index in [4.69, 9.17) is 23.1 Å². The molecule has 1 heterocycles. The highest BCUT2D eigenvalue weighted by atomic mass is 35.5. The van der Waals surface area contributed by atoms with E-state index in [1.54, 1.807) is 24.3 Å². The summed E-state index contributed by atoms with van der Waals surface area (Å²) in [4.78, 5) is 19.6. The summed E-state index contributed by atoms with van der Waals surface area (Å²) in [5.74, 6) is 5.87. The Balaban J connectivity index is 2.31. The SMILES string of the molecule is CC[C@H](CO)CCNc1nc(N)nc(Cl)c1C#Cc1ccccc1C(N)=O. The molecule has 2 rings (SSSR count). The minimum Gasteiger partial charge on any atom is -0.396 e. The van der Waals surface area contributed by atoms with E-state index in [0.29, 0.717) is 29.1 Å². The highest BCUT2D eigenvalue weighted by molar-refractivity contribution is 6.31. The first kappa shape index (κ1) is 20.5. The van der Waals surface area contributed by atoms with Gasteiger partial charge in [0.15, 0.2) is 5.15 Å². The van der Waals surface area contributed by atoms with Gasteiger partial charge in [0, 0.05) is 18.7 Å². The number of nitrogens with one attached hydrogen (secondary N) is 1. The van der Waals surface area contributed by atoms with Crippen LogP contribution >= 0.6 is 11.6 Å². The number of halogens is 1. The predicted molar refractivity (Wildman–Crippen MR) is 106 cm³/mol. The summed E-state index contributed by atoms with van der Waals surface area (Å²) >= 11 is 6.19. The zero-order chi connectivity index (χ0) is 19.8. The molecule has 0 saturated heterocycles. The van der Waals surface area contributed by atoms with E-state index in [1.807, 2.05) is 6.92 Å². The number of anilines is 2. The molecule has 27 heavy (non-hydrogen) atoms. The fraction of sp³-hybridized carbons (Fsp3) is 0.316. The Kier molecular flexibility index (Phi) is 7.41. The van der Waals surface area contributed by atoms with Gasteiger partial charge in [-0.05, 0) is 24.5 Å². The molecule has 1 atom stereocenters. The van der Waals surface area contributed by atoms with Gasteiger partial charge in [-0.15, -0.1) is 0 Å². The van der Waals surface area contributed by atoms with Gasteiger partial charge in [0.25, 0.3) is 0 Å². The van der Waals surface area contributed by atoms with Crippen LogP contribution in [0.5, 0.6) is 0 Å². The summed E-state index contributed by atoms with van der Waals surface area (Å²) in [6.07, 6.45) is 1.63. The lowest BCUT2D eigenvalue weighted by atomic mass is 10.0. The number of benzene rings is 1. The third kappa shape index (κ3) is 5.58. The molecule has 0 fully saturated rings. The number of nitrogens with two attached hydrogens (primary N) is 2. The summed E-state index contributed by atoms with van der Waals surface area (Å²) in [6.45, 7) is 2.72. The Bertz CT molecular complexity index is 872. The first-order valence-corrected chi connectivity index (χ1v) is 8.92. The summed E-state index contributed by atoms with van der Waals surface area (Å²) < 4.78 is 0. The van der Waals surface area contributed by atoms with Crippen molar-refractivity contribution >= 4 is 29.3 Å². The lowest BCUT2D eigenvalue weighted by Crippen LogP contribution is -2.14. The van der Waals surface area contributed by atoms with E-state index in [2.05, 4.69) is 27.1 Å². The number of nitrogens with zero attached hydrogens (tertiary/aromatic N) is 2. The van der Waals surface area contributed by atoms with Crippen LogP contribution in [-0.2, 0) is 0 Å². The Morgan fingerprint density at radius 2 is 2.07 bits per heavy atom. The fourth-order valence-corrected chi connectivity index (χ4v) is 2.67. The Morgan fingerprint density at radius 1 is 1.33 bits per heavy atom. The highest BCUT2D eigenvalue weighted by Gasteiger charge is 2.12. The standard InChI is InChI=1S/C19H22ClN5O2/c1-2-12(11-26)9-10-23-18-15(16(20)24-19(22)25-18)8-7-13-5-3-4-6-14(13)17(21)27/h3-6,12,26H,2,9-11H2,1H3,(H2,21,27)(H3,22,23,24,25)/t12-/m0/s1. The molecule has 0 aliphatic carbocycles. The molecule has 1 amide bonds. The van der Waals surface area contributed by atoms with Gasteiger partial charge in [0.1, 0.15) is 11.4 Å². The zero-order valence-corrected chi connectivity index (χ0v) is 15.8. The van der Waals surface area contributed by atoms with Crippen molar-refractivity contribution in [3.63, 3.8) is 0 Å². The van der Waals surface area contributed by atoms with E-state index in [9.17, 15) is 9.90 Å². The van der Waals surface area contributed by atoms with E-state index < -0.39 is 5.91 Å². The number of hydrogen-bond acceptors (Lipinski definition) is 6. The lowest BCUT2D eigenvalue weighted by Gasteiger charge is -2.13. The van der Waals surface area contributed by atoms with Crippen LogP contribution in [-0.4, -0.2) is 34.1 Å².